The van der Waals surface area contributed by atoms with E-state index in [1.807, 2.05) is 0 Å². The monoisotopic (exact) mass is 200 g/mol. The minimum absolute atomic E-state index is 1.09. The molecule has 13 heavy (non-hydrogen) atoms. The van der Waals surface area contributed by atoms with Crippen LogP contribution in [0.15, 0.2) is 0 Å². The minimum Gasteiger partial charge on any atom is -0.138 e. The molecule has 1 saturated carbocycles. The molecule has 0 spiro atoms. The minimum atomic E-state index is 1.09. The van der Waals surface area contributed by atoms with Gasteiger partial charge in [0.05, 0.1) is 0 Å². The molecule has 0 radical (unpaired) electrons. The summed E-state index contributed by atoms with van der Waals surface area (Å²) in [7, 11) is 2.84. The molecular formula is C12H25P. The lowest BCUT2D eigenvalue weighted by molar-refractivity contribution is 0.433. The summed E-state index contributed by atoms with van der Waals surface area (Å²) in [5.74, 6) is 2.18. The number of hydrogen-bond donors (Lipinski definition) is 0. The molecule has 78 valence electrons. The van der Waals surface area contributed by atoms with E-state index in [9.17, 15) is 0 Å². The van der Waals surface area contributed by atoms with Crippen LogP contribution in [0.1, 0.15) is 58.3 Å². The van der Waals surface area contributed by atoms with Crippen LogP contribution in [0.4, 0.5) is 0 Å². The Bertz CT molecular complexity index is 108. The highest BCUT2D eigenvalue weighted by molar-refractivity contribution is 7.16. The molecule has 3 unspecified atom stereocenters. The summed E-state index contributed by atoms with van der Waals surface area (Å²) in [6.07, 6.45) is 13.2. The van der Waals surface area contributed by atoms with Gasteiger partial charge in [0.15, 0.2) is 0 Å². The Hall–Kier alpha value is 0.430. The van der Waals surface area contributed by atoms with Gasteiger partial charge in [-0.15, -0.1) is 9.24 Å². The van der Waals surface area contributed by atoms with Gasteiger partial charge in [-0.1, -0.05) is 45.4 Å². The highest BCUT2D eigenvalue weighted by atomic mass is 31.0. The highest BCUT2D eigenvalue weighted by Gasteiger charge is 2.23. The molecule has 1 fully saturated rings. The van der Waals surface area contributed by atoms with E-state index in [1.54, 1.807) is 6.42 Å². The normalized spacial score (nSPS) is 28.2. The van der Waals surface area contributed by atoms with Crippen LogP contribution < -0.4 is 0 Å². The van der Waals surface area contributed by atoms with Crippen molar-refractivity contribution >= 4 is 9.24 Å². The number of hydrogen-bond acceptors (Lipinski definition) is 0. The largest absolute Gasteiger partial charge is 0.138 e. The van der Waals surface area contributed by atoms with Gasteiger partial charge in [-0.05, 0) is 30.8 Å². The molecule has 0 amide bonds. The van der Waals surface area contributed by atoms with E-state index < -0.39 is 0 Å². The lowest BCUT2D eigenvalue weighted by atomic mass is 9.97. The zero-order valence-electron chi connectivity index (χ0n) is 9.10. The van der Waals surface area contributed by atoms with Crippen LogP contribution in [-0.4, -0.2) is 6.16 Å². The smallest absolute Gasteiger partial charge is 0.0381 e. The molecule has 0 heterocycles. The zero-order valence-corrected chi connectivity index (χ0v) is 10.3. The first kappa shape index (κ1) is 11.5. The summed E-state index contributed by atoms with van der Waals surface area (Å²) in [6.45, 7) is 2.31. The number of rotatable bonds is 6. The van der Waals surface area contributed by atoms with Crippen molar-refractivity contribution in [3.05, 3.63) is 0 Å². The topological polar surface area (TPSA) is 0 Å². The fraction of sp³-hybridized carbons (Fsp3) is 1.00. The van der Waals surface area contributed by atoms with Crippen LogP contribution >= 0.6 is 9.24 Å². The molecule has 0 nitrogen and oxygen atoms in total. The lowest BCUT2D eigenvalue weighted by Crippen LogP contribution is -1.97. The van der Waals surface area contributed by atoms with Gasteiger partial charge in [-0.25, -0.2) is 0 Å². The molecule has 1 heteroatoms. The predicted octanol–water partition coefficient (Wildman–Crippen LogP) is 4.25. The molecule has 0 aliphatic heterocycles. The third-order valence-corrected chi connectivity index (χ3v) is 3.84. The van der Waals surface area contributed by atoms with Crippen molar-refractivity contribution in [2.45, 2.75) is 58.3 Å². The molecule has 0 aromatic rings. The Morgan fingerprint density at radius 3 is 2.23 bits per heavy atom. The van der Waals surface area contributed by atoms with E-state index in [2.05, 4.69) is 16.2 Å². The maximum atomic E-state index is 2.84. The number of unbranched alkanes of at least 4 members (excludes halogenated alkanes) is 1. The molecule has 3 atom stereocenters. The summed E-state index contributed by atoms with van der Waals surface area (Å²) in [4.78, 5) is 0. The van der Waals surface area contributed by atoms with Crippen LogP contribution in [0, 0.1) is 11.8 Å². The lowest BCUT2D eigenvalue weighted by Gasteiger charge is -2.10. The van der Waals surface area contributed by atoms with Gasteiger partial charge in [-0.3, -0.25) is 0 Å². The maximum Gasteiger partial charge on any atom is -0.0381 e. The predicted molar refractivity (Wildman–Crippen MR) is 64.2 cm³/mol. The Morgan fingerprint density at radius 1 is 1.08 bits per heavy atom. The SMILES string of the molecule is CCCCC1CCC(CCCP)C1. The molecular weight excluding hydrogens is 175 g/mol. The molecule has 1 aliphatic carbocycles. The van der Waals surface area contributed by atoms with Crippen molar-refractivity contribution in [1.29, 1.82) is 0 Å². The van der Waals surface area contributed by atoms with Gasteiger partial charge in [0.25, 0.3) is 0 Å². The van der Waals surface area contributed by atoms with Gasteiger partial charge in [0.2, 0.25) is 0 Å². The molecule has 0 bridgehead atoms. The zero-order chi connectivity index (χ0) is 9.52. The summed E-state index contributed by atoms with van der Waals surface area (Å²) < 4.78 is 0. The van der Waals surface area contributed by atoms with Gasteiger partial charge < -0.3 is 0 Å². The van der Waals surface area contributed by atoms with Gasteiger partial charge in [0, 0.05) is 0 Å². The quantitative estimate of drug-likeness (QED) is 0.562. The summed E-state index contributed by atoms with van der Waals surface area (Å²) in [6, 6.07) is 0. The second-order valence-corrected chi connectivity index (χ2v) is 5.20. The first-order chi connectivity index (χ1) is 6.36. The fourth-order valence-corrected chi connectivity index (χ4v) is 2.84. The molecule has 0 N–H and O–H groups in total. The Kier molecular flexibility index (Phi) is 6.04. The van der Waals surface area contributed by atoms with Crippen LogP contribution in [-0.2, 0) is 0 Å². The van der Waals surface area contributed by atoms with Crippen LogP contribution in [0.2, 0.25) is 0 Å². The third-order valence-electron chi connectivity index (χ3n) is 3.43. The van der Waals surface area contributed by atoms with Crippen LogP contribution in [0.5, 0.6) is 0 Å². The van der Waals surface area contributed by atoms with Crippen LogP contribution in [0.3, 0.4) is 0 Å². The van der Waals surface area contributed by atoms with Crippen molar-refractivity contribution in [3.63, 3.8) is 0 Å². The second kappa shape index (κ2) is 6.82. The Morgan fingerprint density at radius 2 is 1.69 bits per heavy atom. The Labute approximate surface area is 86.1 Å². The van der Waals surface area contributed by atoms with Gasteiger partial charge in [0.1, 0.15) is 0 Å². The van der Waals surface area contributed by atoms with E-state index >= 15 is 0 Å². The van der Waals surface area contributed by atoms with Gasteiger partial charge in [-0.2, -0.15) is 0 Å². The summed E-state index contributed by atoms with van der Waals surface area (Å²) in [5, 5.41) is 0. The maximum absolute atomic E-state index is 2.84. The van der Waals surface area contributed by atoms with E-state index in [-0.39, 0.29) is 0 Å². The first-order valence-corrected chi connectivity index (χ1v) is 6.88. The Balaban J connectivity index is 2.05. The van der Waals surface area contributed by atoms with Crippen molar-refractivity contribution in [1.82, 2.24) is 0 Å². The van der Waals surface area contributed by atoms with E-state index in [0.717, 1.165) is 11.8 Å². The summed E-state index contributed by atoms with van der Waals surface area (Å²) >= 11 is 0. The molecule has 0 saturated heterocycles. The van der Waals surface area contributed by atoms with Crippen molar-refractivity contribution < 1.29 is 0 Å². The average molecular weight is 200 g/mol. The van der Waals surface area contributed by atoms with E-state index in [0.29, 0.717) is 0 Å². The molecule has 1 rings (SSSR count). The standard InChI is InChI=1S/C12H25P/c1-2-3-5-11-7-8-12(10-11)6-4-9-13/h11-12H,2-10,13H2,1H3. The molecule has 1 aliphatic rings. The van der Waals surface area contributed by atoms with Crippen molar-refractivity contribution in [2.24, 2.45) is 11.8 Å². The van der Waals surface area contributed by atoms with Gasteiger partial charge >= 0.3 is 0 Å². The first-order valence-electron chi connectivity index (χ1n) is 6.06. The van der Waals surface area contributed by atoms with Crippen molar-refractivity contribution in [2.75, 3.05) is 6.16 Å². The van der Waals surface area contributed by atoms with E-state index in [4.69, 9.17) is 0 Å². The third kappa shape index (κ3) is 4.45. The summed E-state index contributed by atoms with van der Waals surface area (Å²) in [5.41, 5.74) is 0. The average Bonchev–Trinajstić information content (AvgIpc) is 2.59. The van der Waals surface area contributed by atoms with E-state index in [1.165, 1.54) is 51.1 Å². The molecule has 0 aromatic carbocycles. The highest BCUT2D eigenvalue weighted by Crippen LogP contribution is 2.36. The fourth-order valence-electron chi connectivity index (χ4n) is 2.60. The van der Waals surface area contributed by atoms with Crippen LogP contribution in [0.25, 0.3) is 0 Å². The molecule has 0 aromatic heterocycles. The second-order valence-electron chi connectivity index (χ2n) is 4.62. The van der Waals surface area contributed by atoms with Crippen molar-refractivity contribution in [3.8, 4) is 0 Å².